The predicted octanol–water partition coefficient (Wildman–Crippen LogP) is 2.93. The lowest BCUT2D eigenvalue weighted by Gasteiger charge is -1.93. The second-order valence-electron chi connectivity index (χ2n) is 3.03. The molecule has 0 rings (SSSR count). The van der Waals surface area contributed by atoms with Crippen LogP contribution in [0.5, 0.6) is 0 Å². The van der Waals surface area contributed by atoms with Crippen molar-refractivity contribution in [2.75, 3.05) is 0 Å². The number of Topliss-reactive ketones (excluding diaryl/α,β-unsaturated/α-hetero) is 1. The number of ketones is 1. The number of aliphatic hydroxyl groups is 1. The van der Waals surface area contributed by atoms with Crippen LogP contribution >= 0.6 is 0 Å². The van der Waals surface area contributed by atoms with Crippen LogP contribution in [0.2, 0.25) is 0 Å². The molecule has 0 radical (unpaired) electrons. The molecule has 13 heavy (non-hydrogen) atoms. The van der Waals surface area contributed by atoms with Crippen molar-refractivity contribution in [2.45, 2.75) is 27.7 Å². The Kier molecular flexibility index (Phi) is 4.82. The molecule has 0 aromatic heterocycles. The quantitative estimate of drug-likeness (QED) is 0.412. The first kappa shape index (κ1) is 11.7. The van der Waals surface area contributed by atoms with Crippen molar-refractivity contribution in [3.05, 3.63) is 35.1 Å². The Morgan fingerprint density at radius 3 is 2.08 bits per heavy atom. The third-order valence-corrected chi connectivity index (χ3v) is 1.82. The van der Waals surface area contributed by atoms with Crippen molar-refractivity contribution >= 4 is 5.78 Å². The van der Waals surface area contributed by atoms with Gasteiger partial charge in [-0.15, -0.1) is 0 Å². The number of allylic oxidation sites excluding steroid dienone is 6. The normalized spacial score (nSPS) is 14.6. The van der Waals surface area contributed by atoms with E-state index >= 15 is 0 Å². The molecule has 0 spiro atoms. The van der Waals surface area contributed by atoms with Crippen LogP contribution in [0.4, 0.5) is 0 Å². The van der Waals surface area contributed by atoms with Gasteiger partial charge in [0, 0.05) is 0 Å². The number of carbonyl (C=O) groups excluding carboxylic acids is 1. The van der Waals surface area contributed by atoms with E-state index in [1.54, 1.807) is 32.1 Å². The Hall–Kier alpha value is -1.31. The second-order valence-corrected chi connectivity index (χ2v) is 3.03. The van der Waals surface area contributed by atoms with Crippen LogP contribution in [0.1, 0.15) is 27.7 Å². The Morgan fingerprint density at radius 2 is 1.69 bits per heavy atom. The zero-order valence-corrected chi connectivity index (χ0v) is 8.59. The topological polar surface area (TPSA) is 37.3 Å². The first-order valence-corrected chi connectivity index (χ1v) is 4.17. The lowest BCUT2D eigenvalue weighted by molar-refractivity contribution is -0.113. The Labute approximate surface area is 79.3 Å². The van der Waals surface area contributed by atoms with E-state index in [1.807, 2.05) is 6.92 Å². The van der Waals surface area contributed by atoms with Gasteiger partial charge < -0.3 is 5.11 Å². The molecule has 0 unspecified atom stereocenters. The highest BCUT2D eigenvalue weighted by Gasteiger charge is 1.92. The van der Waals surface area contributed by atoms with E-state index in [0.29, 0.717) is 11.3 Å². The number of hydrogen-bond donors (Lipinski definition) is 1. The third-order valence-electron chi connectivity index (χ3n) is 1.82. The van der Waals surface area contributed by atoms with E-state index in [-0.39, 0.29) is 5.78 Å². The summed E-state index contributed by atoms with van der Waals surface area (Å²) in [6.45, 7) is 6.72. The Bertz CT molecular complexity index is 276. The van der Waals surface area contributed by atoms with E-state index in [0.717, 1.165) is 5.57 Å². The van der Waals surface area contributed by atoms with Crippen molar-refractivity contribution in [3.63, 3.8) is 0 Å². The monoisotopic (exact) mass is 180 g/mol. The molecular formula is C11H16O2. The second kappa shape index (κ2) is 5.36. The van der Waals surface area contributed by atoms with Crippen LogP contribution in [0.15, 0.2) is 35.1 Å². The van der Waals surface area contributed by atoms with Crippen LogP contribution < -0.4 is 0 Å². The van der Waals surface area contributed by atoms with E-state index in [1.165, 1.54) is 6.92 Å². The lowest BCUT2D eigenvalue weighted by Crippen LogP contribution is -1.89. The summed E-state index contributed by atoms with van der Waals surface area (Å²) in [6, 6.07) is 0. The van der Waals surface area contributed by atoms with Crippen molar-refractivity contribution in [1.29, 1.82) is 0 Å². The van der Waals surface area contributed by atoms with Gasteiger partial charge in [0.25, 0.3) is 0 Å². The zero-order chi connectivity index (χ0) is 10.4. The molecule has 0 aliphatic heterocycles. The van der Waals surface area contributed by atoms with E-state index in [4.69, 9.17) is 5.11 Å². The maximum Gasteiger partial charge on any atom is 0.155 e. The SMILES string of the molecule is CC(=O)/C(C)=C/C=C/C(C)=C(/C)O. The Balaban J connectivity index is 4.41. The van der Waals surface area contributed by atoms with Crippen molar-refractivity contribution in [2.24, 2.45) is 0 Å². The summed E-state index contributed by atoms with van der Waals surface area (Å²) in [5, 5.41) is 9.04. The van der Waals surface area contributed by atoms with Crippen LogP contribution in [-0.2, 0) is 4.79 Å². The van der Waals surface area contributed by atoms with E-state index < -0.39 is 0 Å². The van der Waals surface area contributed by atoms with Gasteiger partial charge in [0.05, 0.1) is 5.76 Å². The first-order chi connectivity index (χ1) is 5.95. The summed E-state index contributed by atoms with van der Waals surface area (Å²) in [5.74, 6) is 0.358. The molecule has 0 saturated carbocycles. The van der Waals surface area contributed by atoms with Gasteiger partial charge in [0.2, 0.25) is 0 Å². The molecule has 0 bridgehead atoms. The molecule has 0 aliphatic carbocycles. The molecule has 2 nitrogen and oxygen atoms in total. The fourth-order valence-corrected chi connectivity index (χ4v) is 0.575. The van der Waals surface area contributed by atoms with Gasteiger partial charge in [-0.1, -0.05) is 18.2 Å². The minimum absolute atomic E-state index is 0.0620. The van der Waals surface area contributed by atoms with Crippen molar-refractivity contribution < 1.29 is 9.90 Å². The fraction of sp³-hybridized carbons (Fsp3) is 0.364. The highest BCUT2D eigenvalue weighted by molar-refractivity contribution is 5.92. The van der Waals surface area contributed by atoms with Gasteiger partial charge >= 0.3 is 0 Å². The largest absolute Gasteiger partial charge is 0.512 e. The van der Waals surface area contributed by atoms with Crippen LogP contribution in [0.3, 0.4) is 0 Å². The van der Waals surface area contributed by atoms with Crippen LogP contribution in [-0.4, -0.2) is 10.9 Å². The van der Waals surface area contributed by atoms with Gasteiger partial charge in [0.1, 0.15) is 0 Å². The van der Waals surface area contributed by atoms with Crippen LogP contribution in [0.25, 0.3) is 0 Å². The molecule has 0 saturated heterocycles. The average molecular weight is 180 g/mol. The average Bonchev–Trinajstić information content (AvgIpc) is 2.03. The van der Waals surface area contributed by atoms with E-state index in [2.05, 4.69) is 0 Å². The van der Waals surface area contributed by atoms with E-state index in [9.17, 15) is 4.79 Å². The van der Waals surface area contributed by atoms with Crippen LogP contribution in [0, 0.1) is 0 Å². The molecule has 2 heteroatoms. The molecule has 1 N–H and O–H groups in total. The molecule has 0 fully saturated rings. The number of hydrogen-bond acceptors (Lipinski definition) is 2. The summed E-state index contributed by atoms with van der Waals surface area (Å²) < 4.78 is 0. The minimum atomic E-state index is 0.0620. The molecule has 0 heterocycles. The summed E-state index contributed by atoms with van der Waals surface area (Å²) in [6.07, 6.45) is 5.25. The standard InChI is InChI=1S/C11H16O2/c1-8(10(3)12)6-5-7-9(2)11(4)13/h5-7,12H,1-4H3/b6-5+,9-7+,10-8-. The number of carbonyl (C=O) groups is 1. The van der Waals surface area contributed by atoms with Gasteiger partial charge in [-0.3, -0.25) is 4.79 Å². The highest BCUT2D eigenvalue weighted by atomic mass is 16.3. The van der Waals surface area contributed by atoms with Crippen molar-refractivity contribution in [1.82, 2.24) is 0 Å². The smallest absolute Gasteiger partial charge is 0.155 e. The maximum atomic E-state index is 10.8. The molecule has 0 amide bonds. The minimum Gasteiger partial charge on any atom is -0.512 e. The molecule has 0 aliphatic rings. The number of rotatable bonds is 3. The molecule has 72 valence electrons. The van der Waals surface area contributed by atoms with Crippen molar-refractivity contribution in [3.8, 4) is 0 Å². The van der Waals surface area contributed by atoms with Gasteiger partial charge in [-0.25, -0.2) is 0 Å². The zero-order valence-electron chi connectivity index (χ0n) is 8.59. The maximum absolute atomic E-state index is 10.8. The predicted molar refractivity (Wildman–Crippen MR) is 54.6 cm³/mol. The third kappa shape index (κ3) is 5.01. The summed E-state index contributed by atoms with van der Waals surface area (Å²) in [4.78, 5) is 10.8. The molecule has 0 aromatic rings. The molecule has 0 atom stereocenters. The fourth-order valence-electron chi connectivity index (χ4n) is 0.575. The molecule has 0 aromatic carbocycles. The van der Waals surface area contributed by atoms with Gasteiger partial charge in [-0.05, 0) is 38.8 Å². The highest BCUT2D eigenvalue weighted by Crippen LogP contribution is 2.02. The summed E-state index contributed by atoms with van der Waals surface area (Å²) in [7, 11) is 0. The lowest BCUT2D eigenvalue weighted by atomic mass is 10.2. The Morgan fingerprint density at radius 1 is 1.15 bits per heavy atom. The summed E-state index contributed by atoms with van der Waals surface area (Å²) in [5.41, 5.74) is 1.51. The van der Waals surface area contributed by atoms with Gasteiger partial charge in [0.15, 0.2) is 5.78 Å². The van der Waals surface area contributed by atoms with Gasteiger partial charge in [-0.2, -0.15) is 0 Å². The first-order valence-electron chi connectivity index (χ1n) is 4.17. The summed E-state index contributed by atoms with van der Waals surface area (Å²) >= 11 is 0. The molecular weight excluding hydrogens is 164 g/mol. The number of aliphatic hydroxyl groups excluding tert-OH is 1.